The standard InChI is InChI=1S/C25H24N8O3S/c1-16-8-9-22-30-31-24(33(16)22)19-5-4-6-21(28-19)29-25(34)20-13-18-15-32(12-10-17(18)14-27-20)37(35,36)23-7-2-3-11-26-23/h2-7,11,13-14,16H,8-10,12,15H2,1H3,(H,28,29,34)/t16-/m1/s1. The molecule has 1 amide bonds. The Bertz CT molecular complexity index is 1600. The minimum Gasteiger partial charge on any atom is -0.307 e. The third-order valence-electron chi connectivity index (χ3n) is 6.75. The van der Waals surface area contributed by atoms with E-state index in [1.807, 2.05) is 6.07 Å². The first-order chi connectivity index (χ1) is 17.9. The normalized spacial score (nSPS) is 17.3. The molecule has 0 saturated heterocycles. The number of carbonyl (C=O) groups excluding carboxylic acids is 1. The molecular formula is C25H24N8O3S. The summed E-state index contributed by atoms with van der Waals surface area (Å²) in [5.41, 5.74) is 2.46. The average molecular weight is 517 g/mol. The van der Waals surface area contributed by atoms with Crippen LogP contribution in [0.5, 0.6) is 0 Å². The summed E-state index contributed by atoms with van der Waals surface area (Å²) in [5.74, 6) is 1.55. The third-order valence-corrected chi connectivity index (χ3v) is 8.51. The predicted molar refractivity (Wildman–Crippen MR) is 134 cm³/mol. The molecule has 6 rings (SSSR count). The summed E-state index contributed by atoms with van der Waals surface area (Å²) in [5, 5.41) is 11.4. The van der Waals surface area contributed by atoms with E-state index in [9.17, 15) is 13.2 Å². The summed E-state index contributed by atoms with van der Waals surface area (Å²) < 4.78 is 29.5. The SMILES string of the molecule is C[C@@H]1CCc2nnc(-c3cccc(NC(=O)c4cc5c(cn4)CCN(S(=O)(=O)c4ccccn4)C5)n3)n21. The summed E-state index contributed by atoms with van der Waals surface area (Å²) >= 11 is 0. The van der Waals surface area contributed by atoms with Crippen molar-refractivity contribution in [1.29, 1.82) is 0 Å². The molecular weight excluding hydrogens is 492 g/mol. The van der Waals surface area contributed by atoms with Crippen LogP contribution >= 0.6 is 0 Å². The van der Waals surface area contributed by atoms with Gasteiger partial charge in [0.25, 0.3) is 15.9 Å². The number of nitrogens with zero attached hydrogens (tertiary/aromatic N) is 7. The second kappa shape index (κ2) is 9.12. The quantitative estimate of drug-likeness (QED) is 0.428. The van der Waals surface area contributed by atoms with Crippen molar-refractivity contribution in [2.24, 2.45) is 0 Å². The fourth-order valence-electron chi connectivity index (χ4n) is 4.78. The fourth-order valence-corrected chi connectivity index (χ4v) is 6.13. The molecule has 2 aliphatic rings. The van der Waals surface area contributed by atoms with Gasteiger partial charge in [-0.05, 0) is 61.2 Å². The molecule has 11 nitrogen and oxygen atoms in total. The van der Waals surface area contributed by atoms with Crippen molar-refractivity contribution in [2.75, 3.05) is 11.9 Å². The number of pyridine rings is 3. The Morgan fingerprint density at radius 1 is 1.05 bits per heavy atom. The molecule has 37 heavy (non-hydrogen) atoms. The van der Waals surface area contributed by atoms with E-state index in [1.54, 1.807) is 36.5 Å². The molecule has 0 spiro atoms. The molecule has 6 heterocycles. The van der Waals surface area contributed by atoms with Crippen LogP contribution in [0, 0.1) is 0 Å². The lowest BCUT2D eigenvalue weighted by atomic mass is 10.0. The van der Waals surface area contributed by atoms with E-state index < -0.39 is 15.9 Å². The fraction of sp³-hybridized carbons (Fsp3) is 0.280. The Kier molecular flexibility index (Phi) is 5.76. The predicted octanol–water partition coefficient (Wildman–Crippen LogP) is 2.64. The van der Waals surface area contributed by atoms with Gasteiger partial charge < -0.3 is 9.88 Å². The maximum Gasteiger partial charge on any atom is 0.275 e. The number of hydrogen-bond acceptors (Lipinski definition) is 8. The van der Waals surface area contributed by atoms with E-state index in [1.165, 1.54) is 16.6 Å². The van der Waals surface area contributed by atoms with Gasteiger partial charge in [-0.25, -0.2) is 18.4 Å². The molecule has 4 aromatic rings. The molecule has 1 N–H and O–H groups in total. The van der Waals surface area contributed by atoms with Crippen LogP contribution in [-0.4, -0.2) is 54.9 Å². The average Bonchev–Trinajstić information content (AvgIpc) is 3.51. The Hall–Kier alpha value is -4.03. The lowest BCUT2D eigenvalue weighted by Gasteiger charge is -2.27. The van der Waals surface area contributed by atoms with Crippen molar-refractivity contribution < 1.29 is 13.2 Å². The van der Waals surface area contributed by atoms with Gasteiger partial charge in [0.1, 0.15) is 23.0 Å². The first-order valence-electron chi connectivity index (χ1n) is 12.0. The second-order valence-corrected chi connectivity index (χ2v) is 11.0. The number of aryl methyl sites for hydroxylation is 1. The van der Waals surface area contributed by atoms with Gasteiger partial charge in [-0.15, -0.1) is 10.2 Å². The number of hydrogen-bond donors (Lipinski definition) is 1. The lowest BCUT2D eigenvalue weighted by Crippen LogP contribution is -2.36. The number of anilines is 1. The number of nitrogens with one attached hydrogen (secondary N) is 1. The maximum absolute atomic E-state index is 13.0. The molecule has 2 aliphatic heterocycles. The van der Waals surface area contributed by atoms with Crippen LogP contribution in [0.4, 0.5) is 5.82 Å². The number of sulfonamides is 1. The Morgan fingerprint density at radius 2 is 1.95 bits per heavy atom. The van der Waals surface area contributed by atoms with Crippen LogP contribution in [-0.2, 0) is 29.4 Å². The Morgan fingerprint density at radius 3 is 2.78 bits per heavy atom. The van der Waals surface area contributed by atoms with Gasteiger partial charge in [-0.2, -0.15) is 4.31 Å². The van der Waals surface area contributed by atoms with Crippen LogP contribution in [0.2, 0.25) is 0 Å². The van der Waals surface area contributed by atoms with Crippen molar-refractivity contribution in [3.63, 3.8) is 0 Å². The summed E-state index contributed by atoms with van der Waals surface area (Å²) in [4.78, 5) is 25.9. The lowest BCUT2D eigenvalue weighted by molar-refractivity contribution is 0.102. The summed E-state index contributed by atoms with van der Waals surface area (Å²) in [6, 6.07) is 12.1. The largest absolute Gasteiger partial charge is 0.307 e. The zero-order chi connectivity index (χ0) is 25.6. The zero-order valence-corrected chi connectivity index (χ0v) is 20.9. The number of carbonyl (C=O) groups is 1. The van der Waals surface area contributed by atoms with E-state index in [-0.39, 0.29) is 17.3 Å². The molecule has 4 aromatic heterocycles. The van der Waals surface area contributed by atoms with Crippen LogP contribution in [0.15, 0.2) is 59.9 Å². The molecule has 0 bridgehead atoms. The first kappa shape index (κ1) is 23.4. The number of fused-ring (bicyclic) bond motifs is 2. The van der Waals surface area contributed by atoms with Gasteiger partial charge in [0.2, 0.25) is 0 Å². The molecule has 0 unspecified atom stereocenters. The van der Waals surface area contributed by atoms with E-state index in [0.29, 0.717) is 36.3 Å². The smallest absolute Gasteiger partial charge is 0.275 e. The topological polar surface area (TPSA) is 136 Å². The second-order valence-electron chi connectivity index (χ2n) is 9.15. The van der Waals surface area contributed by atoms with Gasteiger partial charge in [0.15, 0.2) is 10.9 Å². The van der Waals surface area contributed by atoms with Gasteiger partial charge >= 0.3 is 0 Å². The van der Waals surface area contributed by atoms with Crippen molar-refractivity contribution in [1.82, 2.24) is 34.0 Å². The summed E-state index contributed by atoms with van der Waals surface area (Å²) in [6.07, 6.45) is 5.49. The number of aromatic nitrogens is 6. The molecule has 0 aromatic carbocycles. The Labute approximate surface area is 213 Å². The molecule has 188 valence electrons. The first-order valence-corrected chi connectivity index (χ1v) is 13.5. The van der Waals surface area contributed by atoms with E-state index in [4.69, 9.17) is 0 Å². The minimum absolute atomic E-state index is 0.00383. The van der Waals surface area contributed by atoms with Crippen molar-refractivity contribution in [2.45, 2.75) is 43.8 Å². The van der Waals surface area contributed by atoms with Gasteiger partial charge in [0.05, 0.1) is 0 Å². The molecule has 12 heteroatoms. The van der Waals surface area contributed by atoms with Gasteiger partial charge in [0, 0.05) is 37.9 Å². The summed E-state index contributed by atoms with van der Waals surface area (Å²) in [6.45, 7) is 2.58. The van der Waals surface area contributed by atoms with Crippen LogP contribution in [0.25, 0.3) is 11.5 Å². The highest BCUT2D eigenvalue weighted by Gasteiger charge is 2.30. The van der Waals surface area contributed by atoms with Crippen LogP contribution in [0.1, 0.15) is 46.8 Å². The van der Waals surface area contributed by atoms with Crippen LogP contribution in [0.3, 0.4) is 0 Å². The van der Waals surface area contributed by atoms with Crippen molar-refractivity contribution in [3.05, 3.63) is 77.5 Å². The molecule has 0 radical (unpaired) electrons. The summed E-state index contributed by atoms with van der Waals surface area (Å²) in [7, 11) is -3.74. The molecule has 0 fully saturated rings. The van der Waals surface area contributed by atoms with E-state index in [2.05, 4.69) is 42.0 Å². The van der Waals surface area contributed by atoms with Crippen molar-refractivity contribution in [3.8, 4) is 11.5 Å². The van der Waals surface area contributed by atoms with Crippen LogP contribution < -0.4 is 5.32 Å². The number of amides is 1. The highest BCUT2D eigenvalue weighted by molar-refractivity contribution is 7.89. The number of rotatable bonds is 5. The maximum atomic E-state index is 13.0. The van der Waals surface area contributed by atoms with Gasteiger partial charge in [-0.3, -0.25) is 9.78 Å². The van der Waals surface area contributed by atoms with Gasteiger partial charge in [-0.1, -0.05) is 12.1 Å². The van der Waals surface area contributed by atoms with E-state index >= 15 is 0 Å². The highest BCUT2D eigenvalue weighted by Crippen LogP contribution is 2.30. The Balaban J connectivity index is 1.21. The third kappa shape index (κ3) is 4.27. The minimum atomic E-state index is -3.74. The molecule has 0 aliphatic carbocycles. The molecule has 1 atom stereocenters. The monoisotopic (exact) mass is 516 g/mol. The van der Waals surface area contributed by atoms with E-state index in [0.717, 1.165) is 29.8 Å². The zero-order valence-electron chi connectivity index (χ0n) is 20.1. The molecule has 0 saturated carbocycles. The van der Waals surface area contributed by atoms with Crippen molar-refractivity contribution >= 4 is 21.7 Å². The highest BCUT2D eigenvalue weighted by atomic mass is 32.2.